The lowest BCUT2D eigenvalue weighted by Gasteiger charge is -2.13. The standard InChI is InChI=1S/C13H17F2NO/c1-4-5-11(17)16-10-7-6-9(14)12(8(2)3)13(10)15/h6-8H,4-5H2,1-3H3,(H,16,17). The molecule has 4 heteroatoms. The van der Waals surface area contributed by atoms with Gasteiger partial charge in [0, 0.05) is 12.0 Å². The van der Waals surface area contributed by atoms with E-state index in [4.69, 9.17) is 0 Å². The zero-order chi connectivity index (χ0) is 13.0. The van der Waals surface area contributed by atoms with Gasteiger partial charge in [-0.3, -0.25) is 4.79 Å². The fraction of sp³-hybridized carbons (Fsp3) is 0.462. The van der Waals surface area contributed by atoms with Crippen LogP contribution in [-0.2, 0) is 4.79 Å². The lowest BCUT2D eigenvalue weighted by Crippen LogP contribution is -2.13. The fourth-order valence-corrected chi connectivity index (χ4v) is 1.63. The van der Waals surface area contributed by atoms with Crippen molar-refractivity contribution in [3.05, 3.63) is 29.3 Å². The molecule has 0 atom stereocenters. The molecule has 0 fully saturated rings. The second kappa shape index (κ2) is 5.75. The molecule has 0 saturated carbocycles. The summed E-state index contributed by atoms with van der Waals surface area (Å²) in [6, 6.07) is 2.43. The maximum absolute atomic E-state index is 13.9. The van der Waals surface area contributed by atoms with E-state index in [0.29, 0.717) is 12.8 Å². The molecule has 0 bridgehead atoms. The van der Waals surface area contributed by atoms with Crippen LogP contribution in [0.4, 0.5) is 14.5 Å². The molecule has 0 aromatic heterocycles. The normalized spacial score (nSPS) is 10.7. The smallest absolute Gasteiger partial charge is 0.224 e. The van der Waals surface area contributed by atoms with Gasteiger partial charge in [-0.2, -0.15) is 0 Å². The van der Waals surface area contributed by atoms with Crippen LogP contribution in [-0.4, -0.2) is 5.91 Å². The van der Waals surface area contributed by atoms with Crippen LogP contribution in [0, 0.1) is 11.6 Å². The van der Waals surface area contributed by atoms with Crippen molar-refractivity contribution in [2.75, 3.05) is 5.32 Å². The molecule has 1 rings (SSSR count). The molecule has 0 aliphatic heterocycles. The second-order valence-electron chi connectivity index (χ2n) is 4.28. The molecule has 0 aliphatic carbocycles. The molecule has 0 spiro atoms. The minimum atomic E-state index is -0.676. The van der Waals surface area contributed by atoms with E-state index < -0.39 is 11.6 Å². The predicted octanol–water partition coefficient (Wildman–Crippen LogP) is 3.83. The lowest BCUT2D eigenvalue weighted by molar-refractivity contribution is -0.116. The second-order valence-corrected chi connectivity index (χ2v) is 4.28. The van der Waals surface area contributed by atoms with Gasteiger partial charge < -0.3 is 5.32 Å². The first-order valence-electron chi connectivity index (χ1n) is 5.75. The lowest BCUT2D eigenvalue weighted by atomic mass is 10.0. The van der Waals surface area contributed by atoms with E-state index in [-0.39, 0.29) is 23.1 Å². The Hall–Kier alpha value is -1.45. The summed E-state index contributed by atoms with van der Waals surface area (Å²) in [5.74, 6) is -1.78. The Morgan fingerprint density at radius 1 is 1.35 bits per heavy atom. The molecule has 0 saturated heterocycles. The van der Waals surface area contributed by atoms with Crippen LogP contribution in [0.2, 0.25) is 0 Å². The maximum atomic E-state index is 13.9. The highest BCUT2D eigenvalue weighted by molar-refractivity contribution is 5.90. The van der Waals surface area contributed by atoms with Crippen molar-refractivity contribution in [1.82, 2.24) is 0 Å². The third kappa shape index (κ3) is 3.25. The van der Waals surface area contributed by atoms with E-state index in [2.05, 4.69) is 5.32 Å². The van der Waals surface area contributed by atoms with E-state index in [1.165, 1.54) is 12.1 Å². The topological polar surface area (TPSA) is 29.1 Å². The Bertz CT molecular complexity index is 416. The molecule has 0 radical (unpaired) electrons. The Labute approximate surface area is 100 Å². The minimum absolute atomic E-state index is 0.0132. The molecular weight excluding hydrogens is 224 g/mol. The van der Waals surface area contributed by atoms with Crippen molar-refractivity contribution in [2.45, 2.75) is 39.5 Å². The zero-order valence-electron chi connectivity index (χ0n) is 10.3. The van der Waals surface area contributed by atoms with Crippen LogP contribution < -0.4 is 5.32 Å². The number of carbonyl (C=O) groups is 1. The monoisotopic (exact) mass is 241 g/mol. The molecule has 0 heterocycles. The largest absolute Gasteiger partial charge is 0.324 e. The molecule has 1 amide bonds. The maximum Gasteiger partial charge on any atom is 0.224 e. The van der Waals surface area contributed by atoms with E-state index in [9.17, 15) is 13.6 Å². The van der Waals surface area contributed by atoms with Crippen molar-refractivity contribution in [2.24, 2.45) is 0 Å². The van der Waals surface area contributed by atoms with Crippen molar-refractivity contribution in [1.29, 1.82) is 0 Å². The van der Waals surface area contributed by atoms with Gasteiger partial charge in [0.15, 0.2) is 5.82 Å². The van der Waals surface area contributed by atoms with Crippen LogP contribution >= 0.6 is 0 Å². The first-order valence-corrected chi connectivity index (χ1v) is 5.75. The first-order chi connectivity index (χ1) is 7.97. The fourth-order valence-electron chi connectivity index (χ4n) is 1.63. The Balaban J connectivity index is 3.02. The van der Waals surface area contributed by atoms with Gasteiger partial charge in [0.1, 0.15) is 5.82 Å². The molecule has 1 aromatic rings. The third-order valence-corrected chi connectivity index (χ3v) is 2.46. The molecule has 2 nitrogen and oxygen atoms in total. The number of nitrogens with one attached hydrogen (secondary N) is 1. The van der Waals surface area contributed by atoms with Gasteiger partial charge in [0.2, 0.25) is 5.91 Å². The quantitative estimate of drug-likeness (QED) is 0.852. The van der Waals surface area contributed by atoms with Crippen LogP contribution in [0.3, 0.4) is 0 Å². The summed E-state index contributed by atoms with van der Waals surface area (Å²) in [4.78, 5) is 11.4. The zero-order valence-corrected chi connectivity index (χ0v) is 10.3. The number of carbonyl (C=O) groups excluding carboxylic acids is 1. The average Bonchev–Trinajstić information content (AvgIpc) is 2.22. The Kier molecular flexibility index (Phi) is 4.61. The van der Waals surface area contributed by atoms with Crippen LogP contribution in [0.25, 0.3) is 0 Å². The van der Waals surface area contributed by atoms with Gasteiger partial charge in [-0.1, -0.05) is 20.8 Å². The summed E-state index contributed by atoms with van der Waals surface area (Å²) < 4.78 is 27.3. The van der Waals surface area contributed by atoms with Crippen LogP contribution in [0.15, 0.2) is 12.1 Å². The van der Waals surface area contributed by atoms with E-state index >= 15 is 0 Å². The van der Waals surface area contributed by atoms with E-state index in [1.54, 1.807) is 13.8 Å². The molecule has 1 N–H and O–H groups in total. The van der Waals surface area contributed by atoms with Gasteiger partial charge in [0.05, 0.1) is 5.69 Å². The van der Waals surface area contributed by atoms with Gasteiger partial charge >= 0.3 is 0 Å². The number of anilines is 1. The SMILES string of the molecule is CCCC(=O)Nc1ccc(F)c(C(C)C)c1F. The molecule has 0 aliphatic rings. The predicted molar refractivity (Wildman–Crippen MR) is 64.0 cm³/mol. The summed E-state index contributed by atoms with van der Waals surface area (Å²) >= 11 is 0. The highest BCUT2D eigenvalue weighted by atomic mass is 19.1. The van der Waals surface area contributed by atoms with E-state index in [1.807, 2.05) is 6.92 Å². The molecule has 94 valence electrons. The third-order valence-electron chi connectivity index (χ3n) is 2.46. The summed E-state index contributed by atoms with van der Waals surface area (Å²) in [7, 11) is 0. The number of amides is 1. The number of benzene rings is 1. The highest BCUT2D eigenvalue weighted by Crippen LogP contribution is 2.27. The minimum Gasteiger partial charge on any atom is -0.324 e. The van der Waals surface area contributed by atoms with Gasteiger partial charge in [0.25, 0.3) is 0 Å². The summed E-state index contributed by atoms with van der Waals surface area (Å²) in [5, 5.41) is 2.45. The molecule has 1 aromatic carbocycles. The van der Waals surface area contributed by atoms with Gasteiger partial charge in [-0.05, 0) is 24.5 Å². The molecule has 17 heavy (non-hydrogen) atoms. The average molecular weight is 241 g/mol. The van der Waals surface area contributed by atoms with Crippen LogP contribution in [0.5, 0.6) is 0 Å². The number of hydrogen-bond acceptors (Lipinski definition) is 1. The summed E-state index contributed by atoms with van der Waals surface area (Å²) in [6.45, 7) is 5.28. The van der Waals surface area contributed by atoms with Crippen molar-refractivity contribution in [3.8, 4) is 0 Å². The van der Waals surface area contributed by atoms with Crippen molar-refractivity contribution >= 4 is 11.6 Å². The first kappa shape index (κ1) is 13.6. The molecular formula is C13H17F2NO. The van der Waals surface area contributed by atoms with Crippen molar-refractivity contribution in [3.63, 3.8) is 0 Å². The number of rotatable bonds is 4. The van der Waals surface area contributed by atoms with Gasteiger partial charge in [-0.25, -0.2) is 8.78 Å². The number of hydrogen-bond donors (Lipinski definition) is 1. The Morgan fingerprint density at radius 3 is 2.53 bits per heavy atom. The van der Waals surface area contributed by atoms with Crippen molar-refractivity contribution < 1.29 is 13.6 Å². The summed E-state index contributed by atoms with van der Waals surface area (Å²) in [6.07, 6.45) is 1.01. The number of halogens is 2. The Morgan fingerprint density at radius 2 is 2.00 bits per heavy atom. The summed E-state index contributed by atoms with van der Waals surface area (Å²) in [5.41, 5.74) is 0.0628. The van der Waals surface area contributed by atoms with Crippen LogP contribution in [0.1, 0.15) is 45.1 Å². The van der Waals surface area contributed by atoms with Gasteiger partial charge in [-0.15, -0.1) is 0 Å². The highest BCUT2D eigenvalue weighted by Gasteiger charge is 2.17. The van der Waals surface area contributed by atoms with E-state index in [0.717, 1.165) is 0 Å². The molecule has 0 unspecified atom stereocenters.